The van der Waals surface area contributed by atoms with Crippen LogP contribution in [-0.4, -0.2) is 54.0 Å². The Balaban J connectivity index is 1.44. The van der Waals surface area contributed by atoms with Gasteiger partial charge in [0.05, 0.1) is 0 Å². The lowest BCUT2D eigenvalue weighted by Crippen LogP contribution is -2.45. The van der Waals surface area contributed by atoms with E-state index in [9.17, 15) is 4.79 Å². The minimum absolute atomic E-state index is 0.216. The average molecular weight is 342 g/mol. The van der Waals surface area contributed by atoms with Crippen molar-refractivity contribution in [3.05, 3.63) is 29.3 Å². The highest BCUT2D eigenvalue weighted by Gasteiger charge is 2.29. The first kappa shape index (κ1) is 16.9. The van der Waals surface area contributed by atoms with E-state index in [2.05, 4.69) is 22.8 Å². The molecule has 3 aliphatic rings. The third-order valence-electron chi connectivity index (χ3n) is 6.01. The Bertz CT molecular complexity index is 624. The van der Waals surface area contributed by atoms with Crippen molar-refractivity contribution in [1.29, 1.82) is 0 Å². The number of hydrogen-bond donors (Lipinski definition) is 0. The Morgan fingerprint density at radius 1 is 1.16 bits per heavy atom. The molecule has 0 bridgehead atoms. The van der Waals surface area contributed by atoms with Crippen LogP contribution >= 0.6 is 0 Å². The molecule has 0 spiro atoms. The number of rotatable bonds is 4. The van der Waals surface area contributed by atoms with Gasteiger partial charge in [-0.1, -0.05) is 0 Å². The first-order valence-electron chi connectivity index (χ1n) is 10.0. The molecule has 1 aromatic carbocycles. The van der Waals surface area contributed by atoms with Gasteiger partial charge in [0.25, 0.3) is 5.91 Å². The summed E-state index contributed by atoms with van der Waals surface area (Å²) in [6.07, 6.45) is 8.48. The Morgan fingerprint density at radius 2 is 1.96 bits per heavy atom. The summed E-state index contributed by atoms with van der Waals surface area (Å²) in [5.41, 5.74) is 2.02. The molecule has 0 unspecified atom stereocenters. The first-order chi connectivity index (χ1) is 12.2. The number of fused-ring (bicyclic) bond motifs is 1. The standard InChI is InChI=1S/C21H30N2O2/c1-16-14-18-15-17(7-8-20(18)25-16)21(24)23-12-3-2-6-19(23)9-13-22-10-4-5-11-22/h7-8,15-16,19H,2-6,9-14H2,1H3/t16-,19-/m1/s1. The molecule has 4 heteroatoms. The molecule has 0 N–H and O–H groups in total. The highest BCUT2D eigenvalue weighted by Crippen LogP contribution is 2.31. The molecule has 4 nitrogen and oxygen atoms in total. The van der Waals surface area contributed by atoms with Crippen LogP contribution < -0.4 is 4.74 Å². The van der Waals surface area contributed by atoms with Crippen LogP contribution in [-0.2, 0) is 6.42 Å². The molecule has 1 aromatic rings. The third kappa shape index (κ3) is 3.69. The van der Waals surface area contributed by atoms with E-state index in [4.69, 9.17) is 4.74 Å². The van der Waals surface area contributed by atoms with E-state index in [0.717, 1.165) is 50.1 Å². The summed E-state index contributed by atoms with van der Waals surface area (Å²) in [5, 5.41) is 0. The van der Waals surface area contributed by atoms with Crippen LogP contribution in [0.4, 0.5) is 0 Å². The molecule has 3 heterocycles. The minimum atomic E-state index is 0.216. The molecule has 1 amide bonds. The van der Waals surface area contributed by atoms with Crippen LogP contribution in [0.2, 0.25) is 0 Å². The van der Waals surface area contributed by atoms with Gasteiger partial charge in [0, 0.05) is 31.1 Å². The van der Waals surface area contributed by atoms with Crippen LogP contribution in [0.5, 0.6) is 5.75 Å². The summed E-state index contributed by atoms with van der Waals surface area (Å²) in [5.74, 6) is 1.17. The molecule has 136 valence electrons. The van der Waals surface area contributed by atoms with Gasteiger partial charge in [-0.25, -0.2) is 0 Å². The van der Waals surface area contributed by atoms with Crippen LogP contribution in [0.3, 0.4) is 0 Å². The highest BCUT2D eigenvalue weighted by atomic mass is 16.5. The number of benzene rings is 1. The number of ether oxygens (including phenoxy) is 1. The average Bonchev–Trinajstić information content (AvgIpc) is 3.27. The second-order valence-corrected chi connectivity index (χ2v) is 7.94. The van der Waals surface area contributed by atoms with Crippen LogP contribution in [0.25, 0.3) is 0 Å². The highest BCUT2D eigenvalue weighted by molar-refractivity contribution is 5.95. The van der Waals surface area contributed by atoms with E-state index in [1.165, 1.54) is 37.9 Å². The van der Waals surface area contributed by atoms with Crippen molar-refractivity contribution in [2.45, 2.75) is 64.0 Å². The first-order valence-corrected chi connectivity index (χ1v) is 10.0. The monoisotopic (exact) mass is 342 g/mol. The molecule has 0 saturated carbocycles. The molecule has 0 radical (unpaired) electrons. The van der Waals surface area contributed by atoms with Gasteiger partial charge < -0.3 is 14.5 Å². The van der Waals surface area contributed by atoms with Gasteiger partial charge in [0.2, 0.25) is 0 Å². The molecule has 4 rings (SSSR count). The summed E-state index contributed by atoms with van der Waals surface area (Å²) in [6.45, 7) is 6.62. The molecule has 0 aliphatic carbocycles. The number of carbonyl (C=O) groups excluding carboxylic acids is 1. The van der Waals surface area contributed by atoms with Crippen molar-refractivity contribution >= 4 is 5.91 Å². The number of nitrogens with zero attached hydrogens (tertiary/aromatic N) is 2. The maximum absolute atomic E-state index is 13.2. The second-order valence-electron chi connectivity index (χ2n) is 7.94. The largest absolute Gasteiger partial charge is 0.490 e. The lowest BCUT2D eigenvalue weighted by atomic mass is 9.97. The topological polar surface area (TPSA) is 32.8 Å². The van der Waals surface area contributed by atoms with Crippen molar-refractivity contribution < 1.29 is 9.53 Å². The SMILES string of the molecule is C[C@@H]1Cc2cc(C(=O)N3CCCC[C@@H]3CCN3CCCC3)ccc2O1. The zero-order valence-electron chi connectivity index (χ0n) is 15.4. The molecule has 0 aromatic heterocycles. The van der Waals surface area contributed by atoms with Crippen molar-refractivity contribution in [2.75, 3.05) is 26.2 Å². The van der Waals surface area contributed by atoms with Crippen LogP contribution in [0.15, 0.2) is 18.2 Å². The Labute approximate surface area is 151 Å². The zero-order valence-corrected chi connectivity index (χ0v) is 15.4. The molecule has 25 heavy (non-hydrogen) atoms. The molecule has 2 fully saturated rings. The smallest absolute Gasteiger partial charge is 0.254 e. The summed E-state index contributed by atoms with van der Waals surface area (Å²) in [4.78, 5) is 17.9. The molecule has 2 saturated heterocycles. The lowest BCUT2D eigenvalue weighted by molar-refractivity contribution is 0.0588. The van der Waals surface area contributed by atoms with E-state index in [1.807, 2.05) is 12.1 Å². The van der Waals surface area contributed by atoms with E-state index in [0.29, 0.717) is 6.04 Å². The summed E-state index contributed by atoms with van der Waals surface area (Å²) < 4.78 is 5.77. The number of hydrogen-bond acceptors (Lipinski definition) is 3. The Morgan fingerprint density at radius 3 is 2.80 bits per heavy atom. The van der Waals surface area contributed by atoms with Crippen molar-refractivity contribution in [3.63, 3.8) is 0 Å². The lowest BCUT2D eigenvalue weighted by Gasteiger charge is -2.36. The predicted molar refractivity (Wildman–Crippen MR) is 99.2 cm³/mol. The van der Waals surface area contributed by atoms with Crippen molar-refractivity contribution in [1.82, 2.24) is 9.80 Å². The fraction of sp³-hybridized carbons (Fsp3) is 0.667. The van der Waals surface area contributed by atoms with Gasteiger partial charge in [0.1, 0.15) is 11.9 Å². The van der Waals surface area contributed by atoms with E-state index in [-0.39, 0.29) is 12.0 Å². The van der Waals surface area contributed by atoms with Gasteiger partial charge in [-0.05, 0) is 82.3 Å². The minimum Gasteiger partial charge on any atom is -0.490 e. The maximum atomic E-state index is 13.2. The quantitative estimate of drug-likeness (QED) is 0.840. The fourth-order valence-corrected chi connectivity index (χ4v) is 4.63. The summed E-state index contributed by atoms with van der Waals surface area (Å²) in [6, 6.07) is 6.40. The van der Waals surface area contributed by atoms with Gasteiger partial charge in [-0.2, -0.15) is 0 Å². The van der Waals surface area contributed by atoms with E-state index < -0.39 is 0 Å². The summed E-state index contributed by atoms with van der Waals surface area (Å²) in [7, 11) is 0. The third-order valence-corrected chi connectivity index (χ3v) is 6.01. The number of likely N-dealkylation sites (tertiary alicyclic amines) is 2. The van der Waals surface area contributed by atoms with Gasteiger partial charge >= 0.3 is 0 Å². The van der Waals surface area contributed by atoms with Crippen LogP contribution in [0, 0.1) is 0 Å². The van der Waals surface area contributed by atoms with Gasteiger partial charge in [-0.3, -0.25) is 4.79 Å². The Hall–Kier alpha value is -1.55. The van der Waals surface area contributed by atoms with Crippen molar-refractivity contribution in [2.24, 2.45) is 0 Å². The predicted octanol–water partition coefficient (Wildman–Crippen LogP) is 3.49. The molecule has 3 aliphatic heterocycles. The second kappa shape index (κ2) is 7.36. The normalized spacial score (nSPS) is 26.5. The molecular weight excluding hydrogens is 312 g/mol. The Kier molecular flexibility index (Phi) is 4.98. The van der Waals surface area contributed by atoms with Gasteiger partial charge in [-0.15, -0.1) is 0 Å². The zero-order chi connectivity index (χ0) is 17.2. The summed E-state index contributed by atoms with van der Waals surface area (Å²) >= 11 is 0. The maximum Gasteiger partial charge on any atom is 0.254 e. The van der Waals surface area contributed by atoms with E-state index >= 15 is 0 Å². The molecular formula is C21H30N2O2. The van der Waals surface area contributed by atoms with Crippen LogP contribution in [0.1, 0.15) is 61.4 Å². The molecule has 2 atom stereocenters. The van der Waals surface area contributed by atoms with E-state index in [1.54, 1.807) is 0 Å². The van der Waals surface area contributed by atoms with Crippen molar-refractivity contribution in [3.8, 4) is 5.75 Å². The number of piperidine rings is 1. The van der Waals surface area contributed by atoms with Gasteiger partial charge in [0.15, 0.2) is 0 Å². The number of amides is 1. The fourth-order valence-electron chi connectivity index (χ4n) is 4.63. The number of carbonyl (C=O) groups is 1.